The molecule has 0 aliphatic carbocycles. The zero-order chi connectivity index (χ0) is 36.2. The van der Waals surface area contributed by atoms with Crippen molar-refractivity contribution >= 4 is 42.1 Å². The molecule has 2 heterocycles. The summed E-state index contributed by atoms with van der Waals surface area (Å²) in [6.07, 6.45) is -0.960. The normalized spacial score (nSPS) is 15.0. The summed E-state index contributed by atoms with van der Waals surface area (Å²) in [4.78, 5) is 11.6. The van der Waals surface area contributed by atoms with Crippen LogP contribution < -0.4 is 9.46 Å². The van der Waals surface area contributed by atoms with E-state index in [1.165, 1.54) is 21.1 Å². The van der Waals surface area contributed by atoms with Gasteiger partial charge in [-0.1, -0.05) is 72.8 Å². The van der Waals surface area contributed by atoms with Crippen LogP contribution in [0.1, 0.15) is 23.1 Å². The Morgan fingerprint density at radius 3 is 2.12 bits per heavy atom. The van der Waals surface area contributed by atoms with Crippen molar-refractivity contribution < 1.29 is 31.5 Å². The van der Waals surface area contributed by atoms with Gasteiger partial charge in [0.2, 0.25) is 20.0 Å². The third kappa shape index (κ3) is 8.12. The summed E-state index contributed by atoms with van der Waals surface area (Å²) in [5, 5.41) is 21.7. The average Bonchev–Trinajstić information content (AvgIpc) is 3.78. The Labute approximate surface area is 303 Å². The molecule has 1 aromatic heterocycles. The first-order valence-corrected chi connectivity index (χ1v) is 19.5. The summed E-state index contributed by atoms with van der Waals surface area (Å²) in [5.74, 6) is 0.647. The molecule has 0 bridgehead atoms. The Bertz CT molecular complexity index is 2180. The third-order valence-electron chi connectivity index (χ3n) is 8.39. The average molecular weight is 797 g/mol. The van der Waals surface area contributed by atoms with Gasteiger partial charge < -0.3 is 14.7 Å². The number of hydrogen-bond donors (Lipinski definition) is 2. The SMILES string of the molecule is COc1ccc(Cn2nnnc2-c2c(Br)ccc(S(=O)(=O)N[C@@H]3CCN(C(=O)O)C3)c2S(=O)(=O)N(Cc2ccccc2)Cc2ccccc2)cc1. The maximum absolute atomic E-state index is 15.2. The van der Waals surface area contributed by atoms with Gasteiger partial charge in [-0.2, -0.15) is 4.31 Å². The standard InChI is InChI=1S/C34H34BrN7O7S2/c1-49-28-14-12-26(13-15-28)22-42-33(36-38-39-42)31-29(35)16-17-30(50(45,46)37-27-18-19-40(23-27)34(43)44)32(31)51(47,48)41(20-24-8-4-2-5-9-24)21-25-10-6-3-7-11-25/h2-17,27,37H,18-23H2,1H3,(H,43,44)/t27-/m1/s1. The van der Waals surface area contributed by atoms with Crippen LogP contribution in [0.25, 0.3) is 11.4 Å². The molecule has 17 heteroatoms. The van der Waals surface area contributed by atoms with Crippen LogP contribution >= 0.6 is 15.9 Å². The summed E-state index contributed by atoms with van der Waals surface area (Å²) in [7, 11) is -7.72. The van der Waals surface area contributed by atoms with Crippen molar-refractivity contribution in [2.75, 3.05) is 20.2 Å². The van der Waals surface area contributed by atoms with Crippen LogP contribution in [0.3, 0.4) is 0 Å². The predicted molar refractivity (Wildman–Crippen MR) is 191 cm³/mol. The fourth-order valence-corrected chi connectivity index (χ4v) is 10.2. The number of hydrogen-bond acceptors (Lipinski definition) is 9. The summed E-state index contributed by atoms with van der Waals surface area (Å²) < 4.78 is 69.7. The second-order valence-corrected chi connectivity index (χ2v) is 16.2. The van der Waals surface area contributed by atoms with Gasteiger partial charge in [0, 0.05) is 36.7 Å². The molecule has 2 N–H and O–H groups in total. The van der Waals surface area contributed by atoms with Gasteiger partial charge in [0.15, 0.2) is 5.82 Å². The molecule has 0 saturated carbocycles. The molecular formula is C34H34BrN7O7S2. The van der Waals surface area contributed by atoms with Gasteiger partial charge in [0.25, 0.3) is 0 Å². The number of ether oxygens (including phenoxy) is 1. The lowest BCUT2D eigenvalue weighted by molar-refractivity contribution is 0.155. The van der Waals surface area contributed by atoms with E-state index in [1.54, 1.807) is 67.8 Å². The molecule has 1 fully saturated rings. The number of aromatic nitrogens is 4. The molecule has 0 unspecified atom stereocenters. The molecule has 0 spiro atoms. The van der Waals surface area contributed by atoms with Gasteiger partial charge >= 0.3 is 6.09 Å². The maximum Gasteiger partial charge on any atom is 0.407 e. The van der Waals surface area contributed by atoms with Crippen LogP contribution in [0.15, 0.2) is 111 Å². The molecule has 0 radical (unpaired) electrons. The number of benzene rings is 4. The fraction of sp³-hybridized carbons (Fsp3) is 0.235. The number of halogens is 1. The Balaban J connectivity index is 1.53. The number of rotatable bonds is 13. The van der Waals surface area contributed by atoms with Gasteiger partial charge in [-0.05, 0) is 73.7 Å². The molecule has 5 aromatic rings. The number of likely N-dealkylation sites (tertiary alicyclic amines) is 1. The Kier molecular flexibility index (Phi) is 10.8. The van der Waals surface area contributed by atoms with Crippen molar-refractivity contribution in [3.63, 3.8) is 0 Å². The van der Waals surface area contributed by atoms with Gasteiger partial charge in [-0.3, -0.25) is 0 Å². The Morgan fingerprint density at radius 2 is 1.55 bits per heavy atom. The van der Waals surface area contributed by atoms with Gasteiger partial charge in [-0.25, -0.2) is 31.0 Å². The van der Waals surface area contributed by atoms with E-state index in [9.17, 15) is 18.3 Å². The molecule has 1 amide bonds. The third-order valence-corrected chi connectivity index (χ3v) is 12.6. The Morgan fingerprint density at radius 1 is 0.922 bits per heavy atom. The molecule has 1 aliphatic rings. The smallest absolute Gasteiger partial charge is 0.407 e. The van der Waals surface area contributed by atoms with Crippen molar-refractivity contribution in [1.29, 1.82) is 0 Å². The fourth-order valence-electron chi connectivity index (χ4n) is 5.85. The molecule has 266 valence electrons. The molecule has 6 rings (SSSR count). The molecule has 4 aromatic carbocycles. The predicted octanol–water partition coefficient (Wildman–Crippen LogP) is 4.58. The lowest BCUT2D eigenvalue weighted by Gasteiger charge is -2.26. The first-order chi connectivity index (χ1) is 24.5. The largest absolute Gasteiger partial charge is 0.497 e. The summed E-state index contributed by atoms with van der Waals surface area (Å²) in [6, 6.07) is 27.0. The minimum atomic E-state index is -4.69. The minimum absolute atomic E-state index is 0.00519. The highest BCUT2D eigenvalue weighted by Gasteiger charge is 2.39. The lowest BCUT2D eigenvalue weighted by atomic mass is 10.2. The molecule has 1 aliphatic heterocycles. The van der Waals surface area contributed by atoms with E-state index in [2.05, 4.69) is 36.2 Å². The number of amides is 1. The van der Waals surface area contributed by atoms with E-state index in [-0.39, 0.29) is 55.0 Å². The van der Waals surface area contributed by atoms with E-state index in [1.807, 2.05) is 24.3 Å². The highest BCUT2D eigenvalue weighted by atomic mass is 79.9. The zero-order valence-corrected chi connectivity index (χ0v) is 30.6. The molecular weight excluding hydrogens is 762 g/mol. The number of methoxy groups -OCH3 is 1. The van der Waals surface area contributed by atoms with Gasteiger partial charge in [-0.15, -0.1) is 5.10 Å². The van der Waals surface area contributed by atoms with Crippen molar-refractivity contribution in [1.82, 2.24) is 34.1 Å². The first-order valence-electron chi connectivity index (χ1n) is 15.8. The lowest BCUT2D eigenvalue weighted by Crippen LogP contribution is -2.39. The summed E-state index contributed by atoms with van der Waals surface area (Å²) in [5.41, 5.74) is 2.08. The van der Waals surface area contributed by atoms with Crippen LogP contribution in [0.5, 0.6) is 5.75 Å². The Hall–Kier alpha value is -4.68. The number of sulfonamides is 2. The first kappa shape index (κ1) is 36.1. The monoisotopic (exact) mass is 795 g/mol. The summed E-state index contributed by atoms with van der Waals surface area (Å²) in [6.45, 7) is 0.00176. The van der Waals surface area contributed by atoms with Crippen LogP contribution in [-0.4, -0.2) is 83.7 Å². The highest BCUT2D eigenvalue weighted by molar-refractivity contribution is 9.10. The van der Waals surface area contributed by atoms with Crippen LogP contribution in [-0.2, 0) is 39.7 Å². The van der Waals surface area contributed by atoms with E-state index in [0.717, 1.165) is 10.5 Å². The second-order valence-electron chi connectivity index (χ2n) is 11.8. The van der Waals surface area contributed by atoms with Crippen molar-refractivity contribution in [3.05, 3.63) is 118 Å². The van der Waals surface area contributed by atoms with E-state index < -0.39 is 42.0 Å². The highest BCUT2D eigenvalue weighted by Crippen LogP contribution is 2.40. The number of carboxylic acid groups (broad SMARTS) is 1. The molecule has 1 saturated heterocycles. The van der Waals surface area contributed by atoms with Crippen LogP contribution in [0.4, 0.5) is 4.79 Å². The topological polar surface area (TPSA) is 177 Å². The maximum atomic E-state index is 15.2. The van der Waals surface area contributed by atoms with Crippen LogP contribution in [0.2, 0.25) is 0 Å². The van der Waals surface area contributed by atoms with E-state index >= 15 is 8.42 Å². The van der Waals surface area contributed by atoms with Crippen LogP contribution in [0, 0.1) is 0 Å². The van der Waals surface area contributed by atoms with Gasteiger partial charge in [0.1, 0.15) is 15.5 Å². The van der Waals surface area contributed by atoms with Crippen molar-refractivity contribution in [3.8, 4) is 17.1 Å². The van der Waals surface area contributed by atoms with E-state index in [4.69, 9.17) is 4.74 Å². The number of nitrogens with one attached hydrogen (secondary N) is 1. The summed E-state index contributed by atoms with van der Waals surface area (Å²) >= 11 is 3.50. The van der Waals surface area contributed by atoms with E-state index in [0.29, 0.717) is 16.9 Å². The second kappa shape index (κ2) is 15.3. The number of tetrazole rings is 1. The number of carbonyl (C=O) groups is 1. The number of nitrogens with zero attached hydrogens (tertiary/aromatic N) is 6. The molecule has 51 heavy (non-hydrogen) atoms. The minimum Gasteiger partial charge on any atom is -0.497 e. The van der Waals surface area contributed by atoms with Crippen molar-refractivity contribution in [2.45, 2.75) is 41.9 Å². The molecule has 14 nitrogen and oxygen atoms in total. The quantitative estimate of drug-likeness (QED) is 0.172. The zero-order valence-electron chi connectivity index (χ0n) is 27.3. The molecule has 1 atom stereocenters. The van der Waals surface area contributed by atoms with Crippen molar-refractivity contribution in [2.24, 2.45) is 0 Å². The van der Waals surface area contributed by atoms with Gasteiger partial charge in [0.05, 0.1) is 19.2 Å².